The molecule has 0 aliphatic heterocycles. The van der Waals surface area contributed by atoms with E-state index in [0.29, 0.717) is 11.3 Å². The molecule has 0 bridgehead atoms. The summed E-state index contributed by atoms with van der Waals surface area (Å²) in [6.45, 7) is -0.180. The van der Waals surface area contributed by atoms with Crippen LogP contribution in [-0.4, -0.2) is 26.7 Å². The molecule has 1 aromatic carbocycles. The van der Waals surface area contributed by atoms with Crippen molar-refractivity contribution in [1.82, 2.24) is 15.2 Å². The third-order valence-electron chi connectivity index (χ3n) is 3.07. The molecule has 132 valence electrons. The van der Waals surface area contributed by atoms with E-state index in [0.717, 1.165) is 6.07 Å². The SMILES string of the molecule is OCc1ccc(C#Cc2nnc(-c3ccccc3OC(F)(F)F)o2)cn1. The molecule has 0 unspecified atom stereocenters. The molecular formula is C17H10F3N3O3. The van der Waals surface area contributed by atoms with E-state index in [1.54, 1.807) is 12.1 Å². The Labute approximate surface area is 145 Å². The molecule has 3 rings (SSSR count). The molecule has 3 aromatic rings. The van der Waals surface area contributed by atoms with Gasteiger partial charge in [0, 0.05) is 11.8 Å². The minimum atomic E-state index is -4.84. The molecule has 0 spiro atoms. The van der Waals surface area contributed by atoms with Crippen molar-refractivity contribution in [3.8, 4) is 29.0 Å². The molecule has 6 nitrogen and oxygen atoms in total. The zero-order chi connectivity index (χ0) is 18.6. The lowest BCUT2D eigenvalue weighted by molar-refractivity contribution is -0.274. The summed E-state index contributed by atoms with van der Waals surface area (Å²) < 4.78 is 46.7. The van der Waals surface area contributed by atoms with Crippen LogP contribution in [0.2, 0.25) is 0 Å². The number of benzene rings is 1. The predicted octanol–water partition coefficient (Wildman–Crippen LogP) is 2.92. The number of hydrogen-bond acceptors (Lipinski definition) is 6. The average Bonchev–Trinajstić information content (AvgIpc) is 3.08. The first kappa shape index (κ1) is 17.4. The number of pyridine rings is 1. The lowest BCUT2D eigenvalue weighted by Gasteiger charge is -2.10. The van der Waals surface area contributed by atoms with Crippen molar-refractivity contribution >= 4 is 0 Å². The molecule has 1 N–H and O–H groups in total. The van der Waals surface area contributed by atoms with Crippen molar-refractivity contribution in [2.24, 2.45) is 0 Å². The number of aliphatic hydroxyl groups is 1. The van der Waals surface area contributed by atoms with Crippen LogP contribution in [0.25, 0.3) is 11.5 Å². The van der Waals surface area contributed by atoms with Crippen LogP contribution < -0.4 is 4.74 Å². The van der Waals surface area contributed by atoms with E-state index in [4.69, 9.17) is 9.52 Å². The summed E-state index contributed by atoms with van der Waals surface area (Å²) in [6, 6.07) is 8.67. The second-order valence-corrected chi connectivity index (χ2v) is 4.90. The molecule has 0 aliphatic rings. The highest BCUT2D eigenvalue weighted by Crippen LogP contribution is 2.32. The van der Waals surface area contributed by atoms with Gasteiger partial charge >= 0.3 is 6.36 Å². The molecule has 0 saturated heterocycles. The second-order valence-electron chi connectivity index (χ2n) is 4.90. The van der Waals surface area contributed by atoms with Crippen LogP contribution in [0.1, 0.15) is 17.1 Å². The van der Waals surface area contributed by atoms with Crippen LogP contribution in [0.4, 0.5) is 13.2 Å². The van der Waals surface area contributed by atoms with Gasteiger partial charge in [-0.2, -0.15) is 0 Å². The van der Waals surface area contributed by atoms with Crippen LogP contribution in [0.15, 0.2) is 47.0 Å². The molecule has 0 atom stereocenters. The highest BCUT2D eigenvalue weighted by Gasteiger charge is 2.32. The fourth-order valence-electron chi connectivity index (χ4n) is 1.96. The number of para-hydroxylation sites is 1. The number of ether oxygens (including phenoxy) is 1. The zero-order valence-corrected chi connectivity index (χ0v) is 13.0. The Morgan fingerprint density at radius 1 is 1.08 bits per heavy atom. The molecule has 0 saturated carbocycles. The van der Waals surface area contributed by atoms with Gasteiger partial charge < -0.3 is 14.3 Å². The van der Waals surface area contributed by atoms with Crippen LogP contribution in [0, 0.1) is 11.8 Å². The van der Waals surface area contributed by atoms with Gasteiger partial charge in [0.25, 0.3) is 11.8 Å². The Balaban J connectivity index is 1.84. The quantitative estimate of drug-likeness (QED) is 0.723. The van der Waals surface area contributed by atoms with E-state index in [9.17, 15) is 13.2 Å². The van der Waals surface area contributed by atoms with Gasteiger partial charge in [0.1, 0.15) is 5.75 Å². The number of hydrogen-bond donors (Lipinski definition) is 1. The number of aromatic nitrogens is 3. The van der Waals surface area contributed by atoms with Crippen LogP contribution in [0.5, 0.6) is 5.75 Å². The zero-order valence-electron chi connectivity index (χ0n) is 13.0. The van der Waals surface area contributed by atoms with Crippen molar-refractivity contribution in [3.05, 3.63) is 59.7 Å². The van der Waals surface area contributed by atoms with Crippen molar-refractivity contribution in [2.45, 2.75) is 13.0 Å². The average molecular weight is 361 g/mol. The summed E-state index contributed by atoms with van der Waals surface area (Å²) in [5, 5.41) is 16.3. The van der Waals surface area contributed by atoms with Gasteiger partial charge in [0.05, 0.1) is 17.9 Å². The molecule has 26 heavy (non-hydrogen) atoms. The molecule has 2 aromatic heterocycles. The summed E-state index contributed by atoms with van der Waals surface area (Å²) in [6.07, 6.45) is -3.38. The molecule has 0 fully saturated rings. The third kappa shape index (κ3) is 4.37. The predicted molar refractivity (Wildman–Crippen MR) is 82.6 cm³/mol. The standard InChI is InChI=1S/C17H10F3N3O3/c18-17(19,20)26-14-4-2-1-3-13(14)16-23-22-15(25-16)8-6-11-5-7-12(10-24)21-9-11/h1-5,7,9,24H,10H2. The van der Waals surface area contributed by atoms with Crippen molar-refractivity contribution in [1.29, 1.82) is 0 Å². The highest BCUT2D eigenvalue weighted by atomic mass is 19.4. The Morgan fingerprint density at radius 3 is 2.58 bits per heavy atom. The van der Waals surface area contributed by atoms with Crippen LogP contribution in [-0.2, 0) is 6.61 Å². The smallest absolute Gasteiger partial charge is 0.410 e. The monoisotopic (exact) mass is 361 g/mol. The summed E-state index contributed by atoms with van der Waals surface area (Å²) in [7, 11) is 0. The molecular weight excluding hydrogens is 351 g/mol. The molecule has 9 heteroatoms. The maximum atomic E-state index is 12.5. The number of rotatable bonds is 3. The number of alkyl halides is 3. The maximum absolute atomic E-state index is 12.5. The summed E-state index contributed by atoms with van der Waals surface area (Å²) in [5.41, 5.74) is 1.04. The highest BCUT2D eigenvalue weighted by molar-refractivity contribution is 5.62. The first-order chi connectivity index (χ1) is 12.4. The van der Waals surface area contributed by atoms with Crippen molar-refractivity contribution in [3.63, 3.8) is 0 Å². The van der Waals surface area contributed by atoms with Crippen LogP contribution in [0.3, 0.4) is 0 Å². The van der Waals surface area contributed by atoms with Crippen molar-refractivity contribution < 1.29 is 27.4 Å². The minimum Gasteiger partial charge on any atom is -0.410 e. The lowest BCUT2D eigenvalue weighted by Crippen LogP contribution is -2.17. The van der Waals surface area contributed by atoms with Gasteiger partial charge in [-0.1, -0.05) is 23.2 Å². The third-order valence-corrected chi connectivity index (χ3v) is 3.07. The van der Waals surface area contributed by atoms with Gasteiger partial charge in [0.15, 0.2) is 0 Å². The van der Waals surface area contributed by atoms with E-state index in [2.05, 4.69) is 31.8 Å². The van der Waals surface area contributed by atoms with Gasteiger partial charge in [0.2, 0.25) is 0 Å². The summed E-state index contributed by atoms with van der Waals surface area (Å²) in [5.74, 6) is 4.65. The number of nitrogens with zero attached hydrogens (tertiary/aromatic N) is 3. The van der Waals surface area contributed by atoms with Gasteiger partial charge in [-0.15, -0.1) is 18.3 Å². The first-order valence-electron chi connectivity index (χ1n) is 7.21. The fourth-order valence-corrected chi connectivity index (χ4v) is 1.96. The normalized spacial score (nSPS) is 10.9. The Kier molecular flexibility index (Phi) is 4.86. The Bertz CT molecular complexity index is 957. The van der Waals surface area contributed by atoms with Crippen molar-refractivity contribution in [2.75, 3.05) is 0 Å². The topological polar surface area (TPSA) is 81.3 Å². The van der Waals surface area contributed by atoms with E-state index >= 15 is 0 Å². The van der Waals surface area contributed by atoms with E-state index in [1.165, 1.54) is 24.4 Å². The Hall–Kier alpha value is -3.38. The first-order valence-corrected chi connectivity index (χ1v) is 7.21. The number of aliphatic hydroxyl groups excluding tert-OH is 1. The summed E-state index contributed by atoms with van der Waals surface area (Å²) in [4.78, 5) is 3.97. The fraction of sp³-hybridized carbons (Fsp3) is 0.118. The van der Waals surface area contributed by atoms with Gasteiger partial charge in [-0.25, -0.2) is 0 Å². The summed E-state index contributed by atoms with van der Waals surface area (Å²) >= 11 is 0. The lowest BCUT2D eigenvalue weighted by atomic mass is 10.2. The van der Waals surface area contributed by atoms with Crippen LogP contribution >= 0.6 is 0 Å². The maximum Gasteiger partial charge on any atom is 0.573 e. The molecule has 0 aliphatic carbocycles. The minimum absolute atomic E-state index is 0.000611. The Morgan fingerprint density at radius 2 is 1.88 bits per heavy atom. The second kappa shape index (κ2) is 7.25. The van der Waals surface area contributed by atoms with Gasteiger partial charge in [-0.05, 0) is 30.2 Å². The molecule has 0 amide bonds. The number of halogens is 3. The van der Waals surface area contributed by atoms with E-state index in [-0.39, 0.29) is 24.0 Å². The van der Waals surface area contributed by atoms with E-state index < -0.39 is 12.1 Å². The van der Waals surface area contributed by atoms with Gasteiger partial charge in [-0.3, -0.25) is 4.98 Å². The largest absolute Gasteiger partial charge is 0.573 e. The molecule has 0 radical (unpaired) electrons. The van der Waals surface area contributed by atoms with E-state index in [1.807, 2.05) is 0 Å². The molecule has 2 heterocycles.